The molecule has 0 bridgehead atoms. The number of hydrogen-bond acceptors (Lipinski definition) is 5. The zero-order valence-electron chi connectivity index (χ0n) is 10.0. The summed E-state index contributed by atoms with van der Waals surface area (Å²) in [5.41, 5.74) is 0.178. The number of phenols is 1. The first-order valence-electron chi connectivity index (χ1n) is 5.74. The summed E-state index contributed by atoms with van der Waals surface area (Å²) >= 11 is 0. The third kappa shape index (κ3) is 1.52. The first kappa shape index (κ1) is 11.7. The number of phenolic OH excluding ortho intramolecular Hbond substituents is 1. The van der Waals surface area contributed by atoms with Crippen LogP contribution in [0.2, 0.25) is 0 Å². The van der Waals surface area contributed by atoms with E-state index >= 15 is 0 Å². The van der Waals surface area contributed by atoms with Crippen molar-refractivity contribution in [3.8, 4) is 5.75 Å². The molecular weight excluding hydrogens is 248 g/mol. The summed E-state index contributed by atoms with van der Waals surface area (Å²) < 4.78 is 5.24. The second-order valence-electron chi connectivity index (χ2n) is 4.43. The van der Waals surface area contributed by atoms with Gasteiger partial charge in [0.1, 0.15) is 17.6 Å². The van der Waals surface area contributed by atoms with Gasteiger partial charge in [0, 0.05) is 5.56 Å². The predicted molar refractivity (Wildman–Crippen MR) is 64.3 cm³/mol. The van der Waals surface area contributed by atoms with Crippen molar-refractivity contribution >= 4 is 11.6 Å². The highest BCUT2D eigenvalue weighted by Crippen LogP contribution is 2.35. The number of aliphatic hydroxyl groups is 1. The number of benzene rings is 1. The molecule has 1 aliphatic rings. The Kier molecular flexibility index (Phi) is 2.33. The van der Waals surface area contributed by atoms with Gasteiger partial charge in [-0.3, -0.25) is 9.59 Å². The van der Waals surface area contributed by atoms with Crippen molar-refractivity contribution in [2.24, 2.45) is 0 Å². The average molecular weight is 258 g/mol. The summed E-state index contributed by atoms with van der Waals surface area (Å²) in [4.78, 5) is 24.5. The van der Waals surface area contributed by atoms with Gasteiger partial charge in [-0.15, -0.1) is 0 Å². The van der Waals surface area contributed by atoms with Gasteiger partial charge in [0.2, 0.25) is 11.6 Å². The smallest absolute Gasteiger partial charge is 0.229 e. The molecule has 0 amide bonds. The molecule has 2 N–H and O–H groups in total. The third-order valence-electron chi connectivity index (χ3n) is 3.13. The SMILES string of the molecule is CC(O)c1cc2c(o1)C(=O)c1cccc(O)c1C2=O. The Morgan fingerprint density at radius 1 is 1.16 bits per heavy atom. The van der Waals surface area contributed by atoms with Crippen LogP contribution >= 0.6 is 0 Å². The normalized spacial score (nSPS) is 15.1. The molecule has 0 saturated heterocycles. The van der Waals surface area contributed by atoms with E-state index in [0.29, 0.717) is 0 Å². The van der Waals surface area contributed by atoms with Crippen LogP contribution in [0.5, 0.6) is 5.75 Å². The van der Waals surface area contributed by atoms with E-state index in [1.54, 1.807) is 0 Å². The molecule has 1 atom stereocenters. The summed E-state index contributed by atoms with van der Waals surface area (Å²) in [6.45, 7) is 1.48. The lowest BCUT2D eigenvalue weighted by atomic mass is 9.88. The molecule has 0 fully saturated rings. The minimum Gasteiger partial charge on any atom is -0.507 e. The molecule has 1 aromatic heterocycles. The number of carbonyl (C=O) groups excluding carboxylic acids is 2. The van der Waals surface area contributed by atoms with Crippen LogP contribution in [0.4, 0.5) is 0 Å². The van der Waals surface area contributed by atoms with Gasteiger partial charge in [-0.2, -0.15) is 0 Å². The van der Waals surface area contributed by atoms with E-state index in [1.807, 2.05) is 0 Å². The molecule has 1 unspecified atom stereocenters. The number of aromatic hydroxyl groups is 1. The predicted octanol–water partition coefficient (Wildman–Crippen LogP) is 1.81. The zero-order valence-corrected chi connectivity index (χ0v) is 10.0. The average Bonchev–Trinajstić information content (AvgIpc) is 2.81. The number of fused-ring (bicyclic) bond motifs is 2. The van der Waals surface area contributed by atoms with E-state index in [9.17, 15) is 19.8 Å². The Morgan fingerprint density at radius 3 is 2.58 bits per heavy atom. The molecule has 1 aromatic carbocycles. The fourth-order valence-electron chi connectivity index (χ4n) is 2.18. The lowest BCUT2D eigenvalue weighted by Gasteiger charge is -2.13. The van der Waals surface area contributed by atoms with E-state index in [4.69, 9.17) is 4.42 Å². The Morgan fingerprint density at radius 2 is 1.89 bits per heavy atom. The van der Waals surface area contributed by atoms with Gasteiger partial charge in [-0.1, -0.05) is 6.07 Å². The van der Waals surface area contributed by atoms with Crippen LogP contribution in [0.3, 0.4) is 0 Å². The summed E-state index contributed by atoms with van der Waals surface area (Å²) in [6.07, 6.45) is -0.914. The summed E-state index contributed by atoms with van der Waals surface area (Å²) in [5.74, 6) is -1.11. The number of hydrogen-bond donors (Lipinski definition) is 2. The monoisotopic (exact) mass is 258 g/mol. The molecule has 96 valence electrons. The first-order chi connectivity index (χ1) is 9.00. The number of carbonyl (C=O) groups is 2. The topological polar surface area (TPSA) is 87.7 Å². The fraction of sp³-hybridized carbons (Fsp3) is 0.143. The zero-order chi connectivity index (χ0) is 13.7. The standard InChI is InChI=1S/C14H10O5/c1-6(15)10-5-8-12(17)11-7(3-2-4-9(11)16)13(18)14(8)19-10/h2-6,15-16H,1H3. The van der Waals surface area contributed by atoms with Gasteiger partial charge in [-0.05, 0) is 25.1 Å². The molecule has 0 saturated carbocycles. The second-order valence-corrected chi connectivity index (χ2v) is 4.43. The molecule has 5 heteroatoms. The van der Waals surface area contributed by atoms with Crippen molar-refractivity contribution in [3.05, 3.63) is 52.5 Å². The van der Waals surface area contributed by atoms with E-state index in [-0.39, 0.29) is 34.0 Å². The minimum atomic E-state index is -0.914. The van der Waals surface area contributed by atoms with Crippen molar-refractivity contribution in [2.45, 2.75) is 13.0 Å². The lowest BCUT2D eigenvalue weighted by Crippen LogP contribution is -2.19. The van der Waals surface area contributed by atoms with Crippen molar-refractivity contribution in [2.75, 3.05) is 0 Å². The van der Waals surface area contributed by atoms with Gasteiger partial charge in [0.15, 0.2) is 5.76 Å². The Bertz CT molecular complexity index is 709. The minimum absolute atomic E-state index is 0.0158. The highest BCUT2D eigenvalue weighted by molar-refractivity contribution is 6.28. The molecule has 0 spiro atoms. The van der Waals surface area contributed by atoms with Crippen LogP contribution in [-0.2, 0) is 0 Å². The molecule has 0 aliphatic heterocycles. The number of aliphatic hydroxyl groups excluding tert-OH is 1. The van der Waals surface area contributed by atoms with E-state index in [1.165, 1.54) is 31.2 Å². The Balaban J connectivity index is 2.27. The Hall–Kier alpha value is -2.40. The molecule has 2 aromatic rings. The lowest BCUT2D eigenvalue weighted by molar-refractivity contribution is 0.0951. The van der Waals surface area contributed by atoms with Crippen LogP contribution in [0.25, 0.3) is 0 Å². The highest BCUT2D eigenvalue weighted by atomic mass is 16.4. The highest BCUT2D eigenvalue weighted by Gasteiger charge is 2.35. The van der Waals surface area contributed by atoms with Crippen LogP contribution in [0.15, 0.2) is 28.7 Å². The van der Waals surface area contributed by atoms with Gasteiger partial charge < -0.3 is 14.6 Å². The maximum absolute atomic E-state index is 12.3. The second kappa shape index (κ2) is 3.80. The summed E-state index contributed by atoms with van der Waals surface area (Å²) in [6, 6.07) is 5.64. The maximum atomic E-state index is 12.3. The first-order valence-corrected chi connectivity index (χ1v) is 5.74. The van der Waals surface area contributed by atoms with Gasteiger partial charge in [0.25, 0.3) is 0 Å². The molecule has 5 nitrogen and oxygen atoms in total. The number of rotatable bonds is 1. The van der Waals surface area contributed by atoms with Crippen molar-refractivity contribution in [3.63, 3.8) is 0 Å². The van der Waals surface area contributed by atoms with E-state index < -0.39 is 17.7 Å². The van der Waals surface area contributed by atoms with Gasteiger partial charge >= 0.3 is 0 Å². The Labute approximate surface area is 108 Å². The summed E-state index contributed by atoms with van der Waals surface area (Å²) in [5, 5.41) is 19.2. The van der Waals surface area contributed by atoms with E-state index in [2.05, 4.69) is 0 Å². The van der Waals surface area contributed by atoms with Gasteiger partial charge in [0.05, 0.1) is 11.1 Å². The fourth-order valence-corrected chi connectivity index (χ4v) is 2.18. The largest absolute Gasteiger partial charge is 0.507 e. The molecule has 1 heterocycles. The van der Waals surface area contributed by atoms with Crippen LogP contribution < -0.4 is 0 Å². The third-order valence-corrected chi connectivity index (χ3v) is 3.13. The maximum Gasteiger partial charge on any atom is 0.229 e. The van der Waals surface area contributed by atoms with Crippen LogP contribution in [0, 0.1) is 0 Å². The van der Waals surface area contributed by atoms with E-state index in [0.717, 1.165) is 0 Å². The number of ketones is 2. The van der Waals surface area contributed by atoms with Crippen molar-refractivity contribution < 1.29 is 24.2 Å². The van der Waals surface area contributed by atoms with Crippen molar-refractivity contribution in [1.82, 2.24) is 0 Å². The molecule has 19 heavy (non-hydrogen) atoms. The quantitative estimate of drug-likeness (QED) is 0.695. The molecular formula is C14H10O5. The number of furan rings is 1. The van der Waals surface area contributed by atoms with Gasteiger partial charge in [-0.25, -0.2) is 0 Å². The van der Waals surface area contributed by atoms with Crippen LogP contribution in [-0.4, -0.2) is 21.8 Å². The van der Waals surface area contributed by atoms with Crippen LogP contribution in [0.1, 0.15) is 50.8 Å². The summed E-state index contributed by atoms with van der Waals surface area (Å²) in [7, 11) is 0. The van der Waals surface area contributed by atoms with Crippen molar-refractivity contribution in [1.29, 1.82) is 0 Å². The molecule has 1 aliphatic carbocycles. The molecule has 0 radical (unpaired) electrons. The molecule has 3 rings (SSSR count).